The summed E-state index contributed by atoms with van der Waals surface area (Å²) in [5.41, 5.74) is 2.29. The molecule has 2 aliphatic heterocycles. The molecule has 0 aromatic heterocycles. The van der Waals surface area contributed by atoms with E-state index in [9.17, 15) is 9.90 Å². The third-order valence-corrected chi connectivity index (χ3v) is 4.75. The molecule has 2 atom stereocenters. The maximum absolute atomic E-state index is 11.4. The van der Waals surface area contributed by atoms with Gasteiger partial charge in [-0.05, 0) is 24.6 Å². The Morgan fingerprint density at radius 3 is 3.06 bits per heavy atom. The van der Waals surface area contributed by atoms with Crippen LogP contribution in [0.4, 0.5) is 0 Å². The number of hydrogen-bond donors (Lipinski definition) is 1. The number of nitrogens with zero attached hydrogens (tertiary/aromatic N) is 1. The molecule has 1 spiro atoms. The Balaban J connectivity index is 2.25. The number of aliphatic imine (C=N–C) groups is 1. The molecule has 0 saturated carbocycles. The van der Waals surface area contributed by atoms with E-state index in [2.05, 4.69) is 4.99 Å². The van der Waals surface area contributed by atoms with E-state index < -0.39 is 5.97 Å². The van der Waals surface area contributed by atoms with Crippen molar-refractivity contribution in [3.8, 4) is 0 Å². The lowest BCUT2D eigenvalue weighted by atomic mass is 9.84. The summed E-state index contributed by atoms with van der Waals surface area (Å²) < 4.78 is -0.378. The minimum absolute atomic E-state index is 0.0217. The van der Waals surface area contributed by atoms with Crippen LogP contribution < -0.4 is 0 Å². The van der Waals surface area contributed by atoms with Gasteiger partial charge in [0.1, 0.15) is 4.75 Å². The molecule has 0 fully saturated rings. The number of thioether (sulfide) groups is 1. The summed E-state index contributed by atoms with van der Waals surface area (Å²) in [6, 6.07) is 0. The molecule has 1 aliphatic carbocycles. The second kappa shape index (κ2) is 3.47. The molecule has 4 heteroatoms. The van der Waals surface area contributed by atoms with Gasteiger partial charge in [0.05, 0.1) is 11.3 Å². The largest absolute Gasteiger partial charge is 0.478 e. The Morgan fingerprint density at radius 1 is 1.47 bits per heavy atom. The van der Waals surface area contributed by atoms with E-state index in [-0.39, 0.29) is 10.00 Å². The van der Waals surface area contributed by atoms with Crippen LogP contribution in [0, 0.1) is 0 Å². The normalized spacial score (nSPS) is 33.5. The van der Waals surface area contributed by atoms with E-state index in [1.165, 1.54) is 0 Å². The lowest BCUT2D eigenvalue weighted by Gasteiger charge is -2.31. The van der Waals surface area contributed by atoms with Crippen LogP contribution in [0.2, 0.25) is 0 Å². The van der Waals surface area contributed by atoms with Crippen molar-refractivity contribution >= 4 is 23.4 Å². The Hall–Kier alpha value is -1.55. The fourth-order valence-corrected chi connectivity index (χ4v) is 4.14. The number of carbonyl (C=O) groups is 1. The minimum atomic E-state index is -0.828. The Kier molecular flexibility index (Phi) is 2.16. The molecule has 0 saturated heterocycles. The van der Waals surface area contributed by atoms with Crippen molar-refractivity contribution in [1.82, 2.24) is 0 Å². The first-order valence-corrected chi connectivity index (χ1v) is 6.29. The van der Waals surface area contributed by atoms with Gasteiger partial charge in [0, 0.05) is 11.4 Å². The Bertz CT molecular complexity index is 554. The summed E-state index contributed by atoms with van der Waals surface area (Å²) in [6.07, 6.45) is 11.4. The van der Waals surface area contributed by atoms with Crippen LogP contribution in [0.25, 0.3) is 0 Å². The van der Waals surface area contributed by atoms with E-state index in [1.54, 1.807) is 18.0 Å². The first kappa shape index (κ1) is 10.6. The van der Waals surface area contributed by atoms with Gasteiger partial charge in [-0.1, -0.05) is 18.2 Å². The molecule has 17 heavy (non-hydrogen) atoms. The van der Waals surface area contributed by atoms with E-state index in [0.717, 1.165) is 11.3 Å². The second-order valence-electron chi connectivity index (χ2n) is 4.18. The number of aliphatic carboxylic acids is 1. The van der Waals surface area contributed by atoms with Gasteiger partial charge in [0.2, 0.25) is 0 Å². The van der Waals surface area contributed by atoms with E-state index in [4.69, 9.17) is 0 Å². The third kappa shape index (κ3) is 1.30. The van der Waals surface area contributed by atoms with Crippen LogP contribution in [-0.4, -0.2) is 26.8 Å². The molecule has 0 amide bonds. The molecular weight excluding hydrogens is 234 g/mol. The molecular formula is C13H11NO2S. The first-order valence-electron chi connectivity index (χ1n) is 5.41. The van der Waals surface area contributed by atoms with Crippen LogP contribution in [0.5, 0.6) is 0 Å². The summed E-state index contributed by atoms with van der Waals surface area (Å²) >= 11 is 1.64. The van der Waals surface area contributed by atoms with Gasteiger partial charge in [-0.3, -0.25) is 4.99 Å². The highest BCUT2D eigenvalue weighted by molar-refractivity contribution is 8.03. The summed E-state index contributed by atoms with van der Waals surface area (Å²) in [7, 11) is 0. The molecule has 3 nitrogen and oxygen atoms in total. The number of hydrogen-bond acceptors (Lipinski definition) is 3. The number of carboxylic acid groups (broad SMARTS) is 1. The molecule has 0 bridgehead atoms. The highest BCUT2D eigenvalue weighted by atomic mass is 32.2. The van der Waals surface area contributed by atoms with Crippen molar-refractivity contribution in [2.75, 3.05) is 0 Å². The Morgan fingerprint density at radius 2 is 2.29 bits per heavy atom. The lowest BCUT2D eigenvalue weighted by Crippen LogP contribution is -2.34. The zero-order valence-corrected chi connectivity index (χ0v) is 10.1. The SMILES string of the molecule is CC1SC23C=CC=CC2=NC=CC3=C1C(=O)O. The molecule has 86 valence electrons. The molecule has 1 N–H and O–H groups in total. The predicted molar refractivity (Wildman–Crippen MR) is 69.3 cm³/mol. The maximum Gasteiger partial charge on any atom is 0.333 e. The van der Waals surface area contributed by atoms with Crippen LogP contribution in [0.1, 0.15) is 6.92 Å². The fourth-order valence-electron chi connectivity index (χ4n) is 2.53. The average molecular weight is 245 g/mol. The van der Waals surface area contributed by atoms with E-state index in [1.807, 2.05) is 37.3 Å². The Labute approximate surface area is 103 Å². The zero-order valence-electron chi connectivity index (χ0n) is 9.25. The van der Waals surface area contributed by atoms with Gasteiger partial charge in [0.25, 0.3) is 0 Å². The van der Waals surface area contributed by atoms with Crippen molar-refractivity contribution in [2.24, 2.45) is 4.99 Å². The zero-order chi connectivity index (χ0) is 12.0. The van der Waals surface area contributed by atoms with Crippen LogP contribution in [0.15, 0.2) is 52.7 Å². The quantitative estimate of drug-likeness (QED) is 0.771. The number of allylic oxidation sites excluding steroid dienone is 4. The molecule has 0 aromatic rings. The topological polar surface area (TPSA) is 49.7 Å². The average Bonchev–Trinajstić information content (AvgIpc) is 2.58. The van der Waals surface area contributed by atoms with Crippen LogP contribution >= 0.6 is 11.8 Å². The van der Waals surface area contributed by atoms with Crippen LogP contribution in [-0.2, 0) is 4.79 Å². The van der Waals surface area contributed by atoms with Gasteiger partial charge >= 0.3 is 5.97 Å². The lowest BCUT2D eigenvalue weighted by molar-refractivity contribution is -0.132. The van der Waals surface area contributed by atoms with Gasteiger partial charge < -0.3 is 5.11 Å². The van der Waals surface area contributed by atoms with Crippen molar-refractivity contribution < 1.29 is 9.90 Å². The first-order chi connectivity index (χ1) is 8.15. The molecule has 3 rings (SSSR count). The molecule has 0 aromatic carbocycles. The second-order valence-corrected chi connectivity index (χ2v) is 5.76. The third-order valence-electron chi connectivity index (χ3n) is 3.22. The summed E-state index contributed by atoms with van der Waals surface area (Å²) in [6.45, 7) is 1.94. The van der Waals surface area contributed by atoms with E-state index >= 15 is 0 Å². The van der Waals surface area contributed by atoms with Crippen molar-refractivity contribution in [3.63, 3.8) is 0 Å². The van der Waals surface area contributed by atoms with Gasteiger partial charge in [-0.2, -0.15) is 0 Å². The molecule has 2 unspecified atom stereocenters. The van der Waals surface area contributed by atoms with Crippen LogP contribution in [0.3, 0.4) is 0 Å². The highest BCUT2D eigenvalue weighted by Gasteiger charge is 2.48. The van der Waals surface area contributed by atoms with Gasteiger partial charge in [-0.25, -0.2) is 4.79 Å². The molecule has 2 heterocycles. The molecule has 0 radical (unpaired) electrons. The van der Waals surface area contributed by atoms with Crippen molar-refractivity contribution in [1.29, 1.82) is 0 Å². The minimum Gasteiger partial charge on any atom is -0.478 e. The molecule has 3 aliphatic rings. The summed E-state index contributed by atoms with van der Waals surface area (Å²) in [4.78, 5) is 15.7. The standard InChI is InChI=1S/C13H11NO2S/c1-8-11(12(15)16)9-5-7-14-10-4-2-3-6-13(9,10)17-8/h2-8H,1H3,(H,15,16). The fraction of sp³-hybridized carbons (Fsp3) is 0.231. The van der Waals surface area contributed by atoms with Crippen molar-refractivity contribution in [3.05, 3.63) is 47.7 Å². The van der Waals surface area contributed by atoms with Gasteiger partial charge in [-0.15, -0.1) is 11.8 Å². The number of carboxylic acids is 1. The smallest absolute Gasteiger partial charge is 0.333 e. The van der Waals surface area contributed by atoms with Crippen molar-refractivity contribution in [2.45, 2.75) is 16.9 Å². The van der Waals surface area contributed by atoms with Gasteiger partial charge in [0.15, 0.2) is 0 Å². The summed E-state index contributed by atoms with van der Waals surface area (Å²) in [5.74, 6) is -0.828. The predicted octanol–water partition coefficient (Wildman–Crippen LogP) is 2.34. The summed E-state index contributed by atoms with van der Waals surface area (Å²) in [5, 5.41) is 9.30. The van der Waals surface area contributed by atoms with E-state index in [0.29, 0.717) is 5.57 Å². The maximum atomic E-state index is 11.4. The number of rotatable bonds is 1. The monoisotopic (exact) mass is 245 g/mol. The highest BCUT2D eigenvalue weighted by Crippen LogP contribution is 2.52.